The smallest absolute Gasteiger partial charge is 0.318 e. The van der Waals surface area contributed by atoms with Crippen molar-refractivity contribution in [1.29, 1.82) is 0 Å². The molecule has 0 aromatic heterocycles. The molecule has 0 aliphatic carbocycles. The van der Waals surface area contributed by atoms with Gasteiger partial charge in [0.1, 0.15) is 6.04 Å². The number of methoxy groups -OCH3 is 1. The fraction of sp³-hybridized carbons (Fsp3) is 0.769. The highest BCUT2D eigenvalue weighted by molar-refractivity contribution is 5.86. The van der Waals surface area contributed by atoms with Crippen LogP contribution < -0.4 is 11.1 Å². The van der Waals surface area contributed by atoms with E-state index < -0.39 is 29.4 Å². The number of nitrogens with zero attached hydrogens (tertiary/aromatic N) is 1. The molecule has 1 fully saturated rings. The first-order valence-corrected chi connectivity index (χ1v) is 6.79. The third-order valence-corrected chi connectivity index (χ3v) is 3.79. The molecular formula is C13H23N3O5. The minimum Gasteiger partial charge on any atom is -0.481 e. The van der Waals surface area contributed by atoms with Crippen LogP contribution in [-0.4, -0.2) is 60.3 Å². The van der Waals surface area contributed by atoms with Gasteiger partial charge in [0.15, 0.2) is 0 Å². The number of urea groups is 1. The molecule has 1 aliphatic heterocycles. The van der Waals surface area contributed by atoms with Crippen LogP contribution in [0.3, 0.4) is 0 Å². The van der Waals surface area contributed by atoms with Crippen LogP contribution in [0.15, 0.2) is 0 Å². The largest absolute Gasteiger partial charge is 0.481 e. The second-order valence-electron chi connectivity index (χ2n) is 5.83. The number of carbonyl (C=O) groups is 3. The van der Waals surface area contributed by atoms with Crippen molar-refractivity contribution in [2.75, 3.05) is 20.2 Å². The number of nitrogens with two attached hydrogens (primary N) is 1. The summed E-state index contributed by atoms with van der Waals surface area (Å²) in [5.41, 5.74) is 4.37. The number of nitrogens with one attached hydrogen (secondary N) is 1. The number of primary amides is 1. The highest BCUT2D eigenvalue weighted by Gasteiger charge is 2.38. The first kappa shape index (κ1) is 17.2. The quantitative estimate of drug-likeness (QED) is 0.625. The van der Waals surface area contributed by atoms with Gasteiger partial charge in [-0.05, 0) is 20.3 Å². The van der Waals surface area contributed by atoms with Crippen molar-refractivity contribution < 1.29 is 24.2 Å². The number of carbonyl (C=O) groups excluding carboxylic acids is 2. The van der Waals surface area contributed by atoms with Gasteiger partial charge in [-0.1, -0.05) is 0 Å². The average molecular weight is 301 g/mol. The third kappa shape index (κ3) is 4.32. The van der Waals surface area contributed by atoms with E-state index in [1.165, 1.54) is 12.0 Å². The minimum atomic E-state index is -0.924. The highest BCUT2D eigenvalue weighted by Crippen LogP contribution is 2.21. The van der Waals surface area contributed by atoms with Gasteiger partial charge in [0.25, 0.3) is 0 Å². The van der Waals surface area contributed by atoms with Gasteiger partial charge in [0.2, 0.25) is 5.91 Å². The van der Waals surface area contributed by atoms with Gasteiger partial charge in [-0.25, -0.2) is 4.79 Å². The number of carboxylic acid groups (broad SMARTS) is 1. The molecule has 0 spiro atoms. The van der Waals surface area contributed by atoms with Crippen LogP contribution in [0.5, 0.6) is 0 Å². The summed E-state index contributed by atoms with van der Waals surface area (Å²) < 4.78 is 5.15. The summed E-state index contributed by atoms with van der Waals surface area (Å²) in [4.78, 5) is 35.8. The summed E-state index contributed by atoms with van der Waals surface area (Å²) in [6.07, 6.45) is 0.445. The van der Waals surface area contributed by atoms with E-state index in [4.69, 9.17) is 15.6 Å². The third-order valence-electron chi connectivity index (χ3n) is 3.79. The molecule has 0 aromatic carbocycles. The molecule has 2 atom stereocenters. The van der Waals surface area contributed by atoms with E-state index >= 15 is 0 Å². The molecule has 3 amide bonds. The van der Waals surface area contributed by atoms with Gasteiger partial charge in [0, 0.05) is 26.6 Å². The number of ether oxygens (including phenoxy) is 1. The van der Waals surface area contributed by atoms with Crippen LogP contribution in [-0.2, 0) is 14.3 Å². The summed E-state index contributed by atoms with van der Waals surface area (Å²) in [7, 11) is 1.51. The average Bonchev–Trinajstić information content (AvgIpc) is 2.82. The van der Waals surface area contributed by atoms with Crippen molar-refractivity contribution in [3.05, 3.63) is 0 Å². The highest BCUT2D eigenvalue weighted by atomic mass is 16.5. The number of likely N-dealkylation sites (tertiary alicyclic amines) is 1. The van der Waals surface area contributed by atoms with Gasteiger partial charge in [-0.3, -0.25) is 9.59 Å². The summed E-state index contributed by atoms with van der Waals surface area (Å²) in [5, 5.41) is 11.6. The van der Waals surface area contributed by atoms with Gasteiger partial charge in [-0.15, -0.1) is 0 Å². The summed E-state index contributed by atoms with van der Waals surface area (Å²) in [6.45, 7) is 3.67. The number of amides is 3. The van der Waals surface area contributed by atoms with Crippen molar-refractivity contribution in [2.24, 2.45) is 11.1 Å². The first-order valence-electron chi connectivity index (χ1n) is 6.79. The van der Waals surface area contributed by atoms with E-state index in [-0.39, 0.29) is 25.6 Å². The van der Waals surface area contributed by atoms with Crippen LogP contribution in [0.2, 0.25) is 0 Å². The Morgan fingerprint density at radius 2 is 2.05 bits per heavy atom. The normalized spacial score (nSPS) is 22.1. The molecule has 0 radical (unpaired) electrons. The van der Waals surface area contributed by atoms with E-state index in [1.54, 1.807) is 13.8 Å². The van der Waals surface area contributed by atoms with Gasteiger partial charge in [-0.2, -0.15) is 0 Å². The molecule has 21 heavy (non-hydrogen) atoms. The maximum atomic E-state index is 12.1. The summed E-state index contributed by atoms with van der Waals surface area (Å²) >= 11 is 0. The molecule has 8 heteroatoms. The van der Waals surface area contributed by atoms with Crippen LogP contribution >= 0.6 is 0 Å². The molecule has 1 rings (SSSR count). The molecule has 0 bridgehead atoms. The van der Waals surface area contributed by atoms with Gasteiger partial charge < -0.3 is 25.8 Å². The fourth-order valence-corrected chi connectivity index (χ4v) is 2.15. The molecule has 1 saturated heterocycles. The Morgan fingerprint density at radius 1 is 1.43 bits per heavy atom. The predicted octanol–water partition coefficient (Wildman–Crippen LogP) is -0.228. The standard InChI is InChI=1S/C13H23N3O5/c1-13(2,11(18)19)4-5-15-12(20)16-7-8(21-3)6-9(16)10(14)17/h8-9H,4-7H2,1-3H3,(H2,14,17)(H,15,20)(H,18,19)/t8-,9-/m0/s1. The maximum Gasteiger partial charge on any atom is 0.318 e. The van der Waals surface area contributed by atoms with E-state index in [9.17, 15) is 14.4 Å². The van der Waals surface area contributed by atoms with E-state index in [0.29, 0.717) is 6.42 Å². The van der Waals surface area contributed by atoms with E-state index in [1.807, 2.05) is 0 Å². The fourth-order valence-electron chi connectivity index (χ4n) is 2.15. The van der Waals surface area contributed by atoms with Crippen molar-refractivity contribution in [3.63, 3.8) is 0 Å². The Morgan fingerprint density at radius 3 is 2.52 bits per heavy atom. The zero-order chi connectivity index (χ0) is 16.2. The molecule has 4 N–H and O–H groups in total. The molecular weight excluding hydrogens is 278 g/mol. The Hall–Kier alpha value is -1.83. The van der Waals surface area contributed by atoms with Crippen molar-refractivity contribution in [3.8, 4) is 0 Å². The Bertz CT molecular complexity index is 424. The number of aliphatic carboxylic acids is 1. The lowest BCUT2D eigenvalue weighted by molar-refractivity contribution is -0.147. The topological polar surface area (TPSA) is 122 Å². The minimum absolute atomic E-state index is 0.206. The number of hydrogen-bond donors (Lipinski definition) is 3. The zero-order valence-corrected chi connectivity index (χ0v) is 12.6. The Balaban J connectivity index is 2.54. The number of carboxylic acids is 1. The molecule has 120 valence electrons. The summed E-state index contributed by atoms with van der Waals surface area (Å²) in [6, 6.07) is -1.12. The molecule has 1 heterocycles. The van der Waals surface area contributed by atoms with Crippen LogP contribution in [0.4, 0.5) is 4.79 Å². The van der Waals surface area contributed by atoms with Gasteiger partial charge in [0.05, 0.1) is 11.5 Å². The van der Waals surface area contributed by atoms with Crippen LogP contribution in [0.1, 0.15) is 26.7 Å². The van der Waals surface area contributed by atoms with Crippen molar-refractivity contribution >= 4 is 17.9 Å². The second-order valence-corrected chi connectivity index (χ2v) is 5.83. The first-order chi connectivity index (χ1) is 9.69. The Labute approximate surface area is 123 Å². The summed E-state index contributed by atoms with van der Waals surface area (Å²) in [5.74, 6) is -1.50. The zero-order valence-electron chi connectivity index (χ0n) is 12.6. The Kier molecular flexibility index (Phi) is 5.54. The van der Waals surface area contributed by atoms with Crippen molar-refractivity contribution in [2.45, 2.75) is 38.8 Å². The monoisotopic (exact) mass is 301 g/mol. The maximum absolute atomic E-state index is 12.1. The second kappa shape index (κ2) is 6.75. The lowest BCUT2D eigenvalue weighted by Crippen LogP contribution is -2.48. The van der Waals surface area contributed by atoms with E-state index in [0.717, 1.165) is 0 Å². The number of hydrogen-bond acceptors (Lipinski definition) is 4. The lowest BCUT2D eigenvalue weighted by Gasteiger charge is -2.24. The van der Waals surface area contributed by atoms with E-state index in [2.05, 4.69) is 5.32 Å². The molecule has 1 aliphatic rings. The molecule has 0 unspecified atom stereocenters. The molecule has 0 aromatic rings. The van der Waals surface area contributed by atoms with Gasteiger partial charge >= 0.3 is 12.0 Å². The lowest BCUT2D eigenvalue weighted by atomic mass is 9.90. The molecule has 0 saturated carbocycles. The van der Waals surface area contributed by atoms with Crippen LogP contribution in [0, 0.1) is 5.41 Å². The SMILES string of the molecule is CO[C@H]1C[C@@H](C(N)=O)N(C(=O)NCCC(C)(C)C(=O)O)C1. The molecule has 8 nitrogen and oxygen atoms in total. The predicted molar refractivity (Wildman–Crippen MR) is 74.5 cm³/mol. The van der Waals surface area contributed by atoms with Crippen molar-refractivity contribution in [1.82, 2.24) is 10.2 Å². The van der Waals surface area contributed by atoms with Crippen LogP contribution in [0.25, 0.3) is 0 Å². The number of rotatable bonds is 6.